The van der Waals surface area contributed by atoms with Gasteiger partial charge in [0.05, 0.1) is 16.9 Å². The van der Waals surface area contributed by atoms with Crippen molar-refractivity contribution in [1.29, 1.82) is 0 Å². The molecule has 0 heterocycles. The standard InChI is InChI=1S/C14H11Br2NO2/c1-8-2-4-10(14(18)19)13(6-8)17-12-5-3-9(15)7-11(12)16/h2-7,17H,1H3,(H,18,19). The van der Waals surface area contributed by atoms with E-state index in [0.717, 1.165) is 20.2 Å². The predicted molar refractivity (Wildman–Crippen MR) is 83.3 cm³/mol. The molecule has 0 aliphatic carbocycles. The van der Waals surface area contributed by atoms with E-state index < -0.39 is 5.97 Å². The van der Waals surface area contributed by atoms with Crippen LogP contribution in [0.4, 0.5) is 11.4 Å². The lowest BCUT2D eigenvalue weighted by Gasteiger charge is -2.12. The highest BCUT2D eigenvalue weighted by molar-refractivity contribution is 9.11. The van der Waals surface area contributed by atoms with E-state index in [1.807, 2.05) is 31.2 Å². The average Bonchev–Trinajstić information content (AvgIpc) is 2.32. The van der Waals surface area contributed by atoms with Gasteiger partial charge in [-0.05, 0) is 58.7 Å². The number of rotatable bonds is 3. The molecule has 0 amide bonds. The molecule has 3 nitrogen and oxygen atoms in total. The molecule has 19 heavy (non-hydrogen) atoms. The number of aromatic carboxylic acids is 1. The minimum absolute atomic E-state index is 0.250. The van der Waals surface area contributed by atoms with Gasteiger partial charge >= 0.3 is 5.97 Å². The maximum absolute atomic E-state index is 11.2. The summed E-state index contributed by atoms with van der Waals surface area (Å²) in [6, 6.07) is 10.9. The van der Waals surface area contributed by atoms with Gasteiger partial charge in [-0.2, -0.15) is 0 Å². The van der Waals surface area contributed by atoms with Crippen molar-refractivity contribution >= 4 is 49.2 Å². The van der Waals surface area contributed by atoms with Crippen molar-refractivity contribution in [3.8, 4) is 0 Å². The van der Waals surface area contributed by atoms with Crippen LogP contribution in [0.1, 0.15) is 15.9 Å². The molecule has 0 bridgehead atoms. The van der Waals surface area contributed by atoms with Crippen LogP contribution in [-0.2, 0) is 0 Å². The molecule has 0 unspecified atom stereocenters. The highest BCUT2D eigenvalue weighted by atomic mass is 79.9. The van der Waals surface area contributed by atoms with Crippen LogP contribution in [0.3, 0.4) is 0 Å². The lowest BCUT2D eigenvalue weighted by molar-refractivity contribution is 0.0698. The number of hydrogen-bond acceptors (Lipinski definition) is 2. The zero-order valence-corrected chi connectivity index (χ0v) is 13.2. The van der Waals surface area contributed by atoms with Crippen LogP contribution in [0, 0.1) is 6.92 Å². The normalized spacial score (nSPS) is 10.3. The molecule has 0 fully saturated rings. The third-order valence-corrected chi connectivity index (χ3v) is 3.76. The Morgan fingerprint density at radius 2 is 1.84 bits per heavy atom. The summed E-state index contributed by atoms with van der Waals surface area (Å²) in [4.78, 5) is 11.2. The van der Waals surface area contributed by atoms with Crippen LogP contribution in [0.5, 0.6) is 0 Å². The number of anilines is 2. The molecule has 2 aromatic carbocycles. The molecule has 5 heteroatoms. The van der Waals surface area contributed by atoms with Crippen LogP contribution >= 0.6 is 31.9 Å². The van der Waals surface area contributed by atoms with E-state index in [0.29, 0.717) is 5.69 Å². The van der Waals surface area contributed by atoms with Gasteiger partial charge in [-0.1, -0.05) is 22.0 Å². The summed E-state index contributed by atoms with van der Waals surface area (Å²) in [6.07, 6.45) is 0. The van der Waals surface area contributed by atoms with E-state index in [1.165, 1.54) is 0 Å². The zero-order chi connectivity index (χ0) is 14.0. The molecular weight excluding hydrogens is 374 g/mol. The van der Waals surface area contributed by atoms with Gasteiger partial charge in [-0.15, -0.1) is 0 Å². The third-order valence-electron chi connectivity index (χ3n) is 2.61. The molecule has 0 aliphatic rings. The van der Waals surface area contributed by atoms with Gasteiger partial charge in [0, 0.05) is 8.95 Å². The molecular formula is C14H11Br2NO2. The van der Waals surface area contributed by atoms with Crippen molar-refractivity contribution in [3.05, 3.63) is 56.5 Å². The van der Waals surface area contributed by atoms with Crippen LogP contribution < -0.4 is 5.32 Å². The Hall–Kier alpha value is -1.33. The Morgan fingerprint density at radius 1 is 1.11 bits per heavy atom. The second kappa shape index (κ2) is 5.75. The van der Waals surface area contributed by atoms with Crippen LogP contribution in [0.15, 0.2) is 45.3 Å². The van der Waals surface area contributed by atoms with Crippen molar-refractivity contribution in [2.75, 3.05) is 5.32 Å². The van der Waals surface area contributed by atoms with Crippen LogP contribution in [-0.4, -0.2) is 11.1 Å². The Morgan fingerprint density at radius 3 is 2.47 bits per heavy atom. The zero-order valence-electron chi connectivity index (χ0n) is 10.1. The fourth-order valence-electron chi connectivity index (χ4n) is 1.68. The minimum Gasteiger partial charge on any atom is -0.478 e. The Kier molecular flexibility index (Phi) is 4.27. The largest absolute Gasteiger partial charge is 0.478 e. The number of hydrogen-bond donors (Lipinski definition) is 2. The Balaban J connectivity index is 2.42. The number of aryl methyl sites for hydroxylation is 1. The van der Waals surface area contributed by atoms with Gasteiger partial charge in [0.15, 0.2) is 0 Å². The molecule has 0 aromatic heterocycles. The fraction of sp³-hybridized carbons (Fsp3) is 0.0714. The predicted octanol–water partition coefficient (Wildman–Crippen LogP) is 4.96. The summed E-state index contributed by atoms with van der Waals surface area (Å²) in [6.45, 7) is 1.92. The molecule has 0 spiro atoms. The van der Waals surface area contributed by atoms with E-state index >= 15 is 0 Å². The first-order valence-corrected chi connectivity index (χ1v) is 7.12. The number of halogens is 2. The maximum atomic E-state index is 11.2. The summed E-state index contributed by atoms with van der Waals surface area (Å²) in [7, 11) is 0. The molecule has 2 rings (SSSR count). The number of carboxylic acid groups (broad SMARTS) is 1. The molecule has 0 saturated carbocycles. The Labute approximate surface area is 127 Å². The molecule has 0 saturated heterocycles. The van der Waals surface area contributed by atoms with Crippen molar-refractivity contribution < 1.29 is 9.90 Å². The molecule has 2 aromatic rings. The second-order valence-corrected chi connectivity index (χ2v) is 5.87. The lowest BCUT2D eigenvalue weighted by atomic mass is 10.1. The van der Waals surface area contributed by atoms with E-state index in [1.54, 1.807) is 12.1 Å². The van der Waals surface area contributed by atoms with Crippen LogP contribution in [0.25, 0.3) is 0 Å². The molecule has 0 radical (unpaired) electrons. The monoisotopic (exact) mass is 383 g/mol. The van der Waals surface area contributed by atoms with Crippen LogP contribution in [0.2, 0.25) is 0 Å². The topological polar surface area (TPSA) is 49.3 Å². The first-order chi connectivity index (χ1) is 8.97. The summed E-state index contributed by atoms with van der Waals surface area (Å²) in [5.41, 5.74) is 2.65. The number of benzene rings is 2. The maximum Gasteiger partial charge on any atom is 0.337 e. The third kappa shape index (κ3) is 3.36. The van der Waals surface area contributed by atoms with E-state index in [4.69, 9.17) is 0 Å². The average molecular weight is 385 g/mol. The van der Waals surface area contributed by atoms with Crippen molar-refractivity contribution in [2.45, 2.75) is 6.92 Å². The van der Waals surface area contributed by atoms with E-state index in [9.17, 15) is 9.90 Å². The summed E-state index contributed by atoms with van der Waals surface area (Å²) >= 11 is 6.82. The van der Waals surface area contributed by atoms with Gasteiger partial charge in [0.25, 0.3) is 0 Å². The summed E-state index contributed by atoms with van der Waals surface area (Å²) < 4.78 is 1.81. The number of carbonyl (C=O) groups is 1. The Bertz CT molecular complexity index is 641. The number of carboxylic acids is 1. The van der Waals surface area contributed by atoms with E-state index in [-0.39, 0.29) is 5.56 Å². The lowest BCUT2D eigenvalue weighted by Crippen LogP contribution is -2.03. The molecule has 0 aliphatic heterocycles. The highest BCUT2D eigenvalue weighted by Crippen LogP contribution is 2.30. The highest BCUT2D eigenvalue weighted by Gasteiger charge is 2.11. The minimum atomic E-state index is -0.948. The smallest absolute Gasteiger partial charge is 0.337 e. The number of nitrogens with one attached hydrogen (secondary N) is 1. The molecule has 0 atom stereocenters. The van der Waals surface area contributed by atoms with Crippen molar-refractivity contribution in [2.24, 2.45) is 0 Å². The summed E-state index contributed by atoms with van der Waals surface area (Å²) in [5.74, 6) is -0.948. The summed E-state index contributed by atoms with van der Waals surface area (Å²) in [5, 5.41) is 12.3. The van der Waals surface area contributed by atoms with E-state index in [2.05, 4.69) is 37.2 Å². The van der Waals surface area contributed by atoms with Gasteiger partial charge in [0.2, 0.25) is 0 Å². The van der Waals surface area contributed by atoms with Gasteiger partial charge in [0.1, 0.15) is 0 Å². The second-order valence-electron chi connectivity index (χ2n) is 4.10. The fourth-order valence-corrected chi connectivity index (χ4v) is 2.83. The molecule has 2 N–H and O–H groups in total. The molecule has 98 valence electrons. The SMILES string of the molecule is Cc1ccc(C(=O)O)c(Nc2ccc(Br)cc2Br)c1. The van der Waals surface area contributed by atoms with Crippen molar-refractivity contribution in [1.82, 2.24) is 0 Å². The van der Waals surface area contributed by atoms with Crippen molar-refractivity contribution in [3.63, 3.8) is 0 Å². The first kappa shape index (κ1) is 14.1. The quantitative estimate of drug-likeness (QED) is 0.785. The first-order valence-electron chi connectivity index (χ1n) is 5.53. The van der Waals surface area contributed by atoms with Gasteiger partial charge in [-0.25, -0.2) is 4.79 Å². The van der Waals surface area contributed by atoms with Gasteiger partial charge < -0.3 is 10.4 Å². The van der Waals surface area contributed by atoms with Gasteiger partial charge in [-0.3, -0.25) is 0 Å².